The molecule has 0 radical (unpaired) electrons. The summed E-state index contributed by atoms with van der Waals surface area (Å²) in [6, 6.07) is 10.9. The molecule has 0 aromatic heterocycles. The van der Waals surface area contributed by atoms with Crippen molar-refractivity contribution in [3.05, 3.63) is 72.1 Å². The van der Waals surface area contributed by atoms with Crippen LogP contribution in [0.25, 0.3) is 0 Å². The molecule has 0 saturated heterocycles. The molecule has 3 rings (SSSR count). The third-order valence-electron chi connectivity index (χ3n) is 5.43. The average Bonchev–Trinajstić information content (AvgIpc) is 2.93. The molecule has 1 saturated carbocycles. The molecule has 0 amide bonds. The minimum absolute atomic E-state index is 0.00463. The van der Waals surface area contributed by atoms with Gasteiger partial charge in [0.05, 0.1) is 0 Å². The Morgan fingerprint density at radius 3 is 2.14 bits per heavy atom. The lowest BCUT2D eigenvalue weighted by atomic mass is 9.80. The van der Waals surface area contributed by atoms with Crippen LogP contribution in [0.1, 0.15) is 78.2 Å². The molecule has 1 aromatic rings. The Morgan fingerprint density at radius 1 is 0.893 bits per heavy atom. The SMILES string of the molecule is CC1CCC(CCc2ccccc2)CC1.CCC.CCC1C=CC=CC=C1F. The van der Waals surface area contributed by atoms with E-state index in [9.17, 15) is 4.39 Å². The normalized spacial score (nSPS) is 23.5. The van der Waals surface area contributed by atoms with E-state index in [1.54, 1.807) is 6.08 Å². The molecule has 0 spiro atoms. The van der Waals surface area contributed by atoms with Crippen molar-refractivity contribution < 1.29 is 4.39 Å². The van der Waals surface area contributed by atoms with Gasteiger partial charge in [-0.05, 0) is 42.7 Å². The van der Waals surface area contributed by atoms with Gasteiger partial charge in [-0.15, -0.1) is 0 Å². The third kappa shape index (κ3) is 10.6. The van der Waals surface area contributed by atoms with E-state index in [1.807, 2.05) is 25.2 Å². The number of benzene rings is 1. The van der Waals surface area contributed by atoms with Crippen LogP contribution in [0.5, 0.6) is 0 Å². The summed E-state index contributed by atoms with van der Waals surface area (Å²) in [6.45, 7) is 8.63. The van der Waals surface area contributed by atoms with E-state index in [0.29, 0.717) is 0 Å². The first-order valence-electron chi connectivity index (χ1n) is 11.3. The summed E-state index contributed by atoms with van der Waals surface area (Å²) < 4.78 is 12.9. The fourth-order valence-corrected chi connectivity index (χ4v) is 3.59. The number of hydrogen-bond acceptors (Lipinski definition) is 0. The second-order valence-corrected chi connectivity index (χ2v) is 8.19. The Balaban J connectivity index is 0.000000261. The number of allylic oxidation sites excluding steroid dienone is 6. The molecule has 0 aliphatic heterocycles. The number of rotatable bonds is 4. The molecule has 1 atom stereocenters. The Labute approximate surface area is 173 Å². The van der Waals surface area contributed by atoms with Crippen molar-refractivity contribution >= 4 is 0 Å². The van der Waals surface area contributed by atoms with Gasteiger partial charge >= 0.3 is 0 Å². The van der Waals surface area contributed by atoms with Crippen LogP contribution in [0.3, 0.4) is 0 Å². The molecule has 2 aliphatic rings. The van der Waals surface area contributed by atoms with Gasteiger partial charge in [-0.2, -0.15) is 0 Å². The van der Waals surface area contributed by atoms with Crippen molar-refractivity contribution in [1.82, 2.24) is 0 Å². The lowest BCUT2D eigenvalue weighted by Gasteiger charge is -2.26. The summed E-state index contributed by atoms with van der Waals surface area (Å²) in [5, 5.41) is 0. The summed E-state index contributed by atoms with van der Waals surface area (Å²) in [4.78, 5) is 0. The lowest BCUT2D eigenvalue weighted by molar-refractivity contribution is 0.278. The Bertz CT molecular complexity index is 574. The van der Waals surface area contributed by atoms with E-state index < -0.39 is 0 Å². The molecule has 0 nitrogen and oxygen atoms in total. The van der Waals surface area contributed by atoms with E-state index in [0.717, 1.165) is 18.3 Å². The van der Waals surface area contributed by atoms with Crippen LogP contribution in [0, 0.1) is 17.8 Å². The molecule has 1 heteroatoms. The summed E-state index contributed by atoms with van der Waals surface area (Å²) in [5.41, 5.74) is 1.51. The second kappa shape index (κ2) is 15.3. The van der Waals surface area contributed by atoms with E-state index >= 15 is 0 Å². The fraction of sp³-hybridized carbons (Fsp3) is 0.556. The van der Waals surface area contributed by atoms with Crippen molar-refractivity contribution in [1.29, 1.82) is 0 Å². The van der Waals surface area contributed by atoms with E-state index in [1.165, 1.54) is 56.6 Å². The first-order valence-corrected chi connectivity index (χ1v) is 11.3. The topological polar surface area (TPSA) is 0 Å². The fourth-order valence-electron chi connectivity index (χ4n) is 3.59. The van der Waals surface area contributed by atoms with E-state index in [-0.39, 0.29) is 11.7 Å². The van der Waals surface area contributed by atoms with Crippen LogP contribution in [0.2, 0.25) is 0 Å². The molecule has 0 N–H and O–H groups in total. The standard InChI is InChI=1S/C15H22.C9H11F.C3H8/c1-13-7-9-15(10-8-13)12-11-14-5-3-2-4-6-14;1-2-8-6-4-3-5-7-9(8)10;1-3-2/h2-6,13,15H,7-12H2,1H3;3-8H,2H2,1H3;3H2,1-2H3. The zero-order chi connectivity index (χ0) is 20.6. The van der Waals surface area contributed by atoms with E-state index in [2.05, 4.69) is 51.1 Å². The number of hydrogen-bond donors (Lipinski definition) is 0. The third-order valence-corrected chi connectivity index (χ3v) is 5.43. The summed E-state index contributed by atoms with van der Waals surface area (Å²) in [7, 11) is 0. The Hall–Kier alpha value is -1.63. The van der Waals surface area contributed by atoms with Gasteiger partial charge in [-0.3, -0.25) is 0 Å². The Kier molecular flexibility index (Phi) is 13.3. The first-order chi connectivity index (χ1) is 13.6. The maximum absolute atomic E-state index is 12.9. The highest BCUT2D eigenvalue weighted by atomic mass is 19.1. The minimum Gasteiger partial charge on any atom is -0.211 e. The van der Waals surface area contributed by atoms with Gasteiger partial charge in [0.1, 0.15) is 5.83 Å². The van der Waals surface area contributed by atoms with Gasteiger partial charge in [0.2, 0.25) is 0 Å². The minimum atomic E-state index is -0.0347. The molecular weight excluding hydrogens is 343 g/mol. The van der Waals surface area contributed by atoms with E-state index in [4.69, 9.17) is 0 Å². The molecule has 0 heterocycles. The summed E-state index contributed by atoms with van der Waals surface area (Å²) in [5.74, 6) is 1.95. The van der Waals surface area contributed by atoms with Crippen molar-refractivity contribution in [3.8, 4) is 0 Å². The highest BCUT2D eigenvalue weighted by Crippen LogP contribution is 2.31. The van der Waals surface area contributed by atoms with Gasteiger partial charge in [-0.1, -0.05) is 114 Å². The molecule has 28 heavy (non-hydrogen) atoms. The summed E-state index contributed by atoms with van der Waals surface area (Å²) >= 11 is 0. The smallest absolute Gasteiger partial charge is 0.107 e. The predicted molar refractivity (Wildman–Crippen MR) is 123 cm³/mol. The molecule has 2 aliphatic carbocycles. The molecular formula is C27H41F. The molecule has 156 valence electrons. The maximum atomic E-state index is 12.9. The number of aryl methyl sites for hydroxylation is 1. The monoisotopic (exact) mass is 384 g/mol. The predicted octanol–water partition coefficient (Wildman–Crippen LogP) is 8.85. The van der Waals surface area contributed by atoms with Crippen LogP contribution < -0.4 is 0 Å². The Morgan fingerprint density at radius 2 is 1.54 bits per heavy atom. The molecule has 0 bridgehead atoms. The van der Waals surface area contributed by atoms with Gasteiger partial charge in [-0.25, -0.2) is 4.39 Å². The van der Waals surface area contributed by atoms with Gasteiger partial charge < -0.3 is 0 Å². The zero-order valence-electron chi connectivity index (χ0n) is 18.5. The van der Waals surface area contributed by atoms with Gasteiger partial charge in [0.25, 0.3) is 0 Å². The average molecular weight is 385 g/mol. The van der Waals surface area contributed by atoms with Crippen molar-refractivity contribution in [2.75, 3.05) is 0 Å². The maximum Gasteiger partial charge on any atom is 0.107 e. The van der Waals surface area contributed by atoms with Crippen LogP contribution in [0.15, 0.2) is 66.5 Å². The largest absolute Gasteiger partial charge is 0.211 e. The highest BCUT2D eigenvalue weighted by molar-refractivity contribution is 5.22. The molecule has 1 fully saturated rings. The van der Waals surface area contributed by atoms with Crippen LogP contribution in [-0.2, 0) is 6.42 Å². The number of halogens is 1. The van der Waals surface area contributed by atoms with Crippen molar-refractivity contribution in [2.24, 2.45) is 17.8 Å². The quantitative estimate of drug-likeness (QED) is 0.486. The zero-order valence-corrected chi connectivity index (χ0v) is 18.5. The van der Waals surface area contributed by atoms with Crippen LogP contribution in [-0.4, -0.2) is 0 Å². The van der Waals surface area contributed by atoms with Gasteiger partial charge in [0, 0.05) is 5.92 Å². The summed E-state index contributed by atoms with van der Waals surface area (Å²) in [6.07, 6.45) is 19.5. The second-order valence-electron chi connectivity index (χ2n) is 8.19. The van der Waals surface area contributed by atoms with Crippen molar-refractivity contribution in [2.45, 2.75) is 79.1 Å². The highest BCUT2D eigenvalue weighted by Gasteiger charge is 2.17. The van der Waals surface area contributed by atoms with Gasteiger partial charge in [0.15, 0.2) is 0 Å². The lowest BCUT2D eigenvalue weighted by Crippen LogP contribution is -2.12. The molecule has 1 aromatic carbocycles. The molecule has 1 unspecified atom stereocenters. The van der Waals surface area contributed by atoms with Crippen molar-refractivity contribution in [3.63, 3.8) is 0 Å². The van der Waals surface area contributed by atoms with Crippen LogP contribution in [0.4, 0.5) is 4.39 Å². The first kappa shape index (κ1) is 24.4. The van der Waals surface area contributed by atoms with Crippen LogP contribution >= 0.6 is 0 Å².